The van der Waals surface area contributed by atoms with Gasteiger partial charge in [-0.05, 0) is 46.1 Å². The van der Waals surface area contributed by atoms with Crippen LogP contribution in [0.3, 0.4) is 0 Å². The molecule has 1 aromatic heterocycles. The highest BCUT2D eigenvalue weighted by molar-refractivity contribution is 9.10. The van der Waals surface area contributed by atoms with Crippen molar-refractivity contribution in [1.29, 1.82) is 0 Å². The summed E-state index contributed by atoms with van der Waals surface area (Å²) in [5.74, 6) is -0.393. The van der Waals surface area contributed by atoms with Crippen molar-refractivity contribution in [1.82, 2.24) is 4.98 Å². The minimum Gasteiger partial charge on any atom is -0.488 e. The van der Waals surface area contributed by atoms with Crippen LogP contribution in [0.5, 0.6) is 5.75 Å². The SMILES string of the molecule is Cc1cnc(C(CC(=O)O)c2ccc(OCc3ccccc3)c(Br)c2)s1. The fraction of sp³-hybridized carbons (Fsp3) is 0.200. The molecule has 1 heterocycles. The van der Waals surface area contributed by atoms with Crippen LogP contribution in [0.1, 0.15) is 33.4 Å². The van der Waals surface area contributed by atoms with Crippen molar-refractivity contribution in [2.45, 2.75) is 25.9 Å². The molecule has 0 spiro atoms. The molecule has 26 heavy (non-hydrogen) atoms. The van der Waals surface area contributed by atoms with E-state index in [4.69, 9.17) is 4.74 Å². The lowest BCUT2D eigenvalue weighted by molar-refractivity contribution is -0.137. The molecule has 0 aliphatic carbocycles. The van der Waals surface area contributed by atoms with Crippen LogP contribution in [-0.4, -0.2) is 16.1 Å². The van der Waals surface area contributed by atoms with E-state index in [1.807, 2.05) is 55.5 Å². The lowest BCUT2D eigenvalue weighted by atomic mass is 9.96. The Hall–Kier alpha value is -2.18. The minimum atomic E-state index is -0.844. The van der Waals surface area contributed by atoms with Crippen LogP contribution < -0.4 is 4.74 Å². The van der Waals surface area contributed by atoms with Crippen molar-refractivity contribution in [2.24, 2.45) is 0 Å². The van der Waals surface area contributed by atoms with Crippen molar-refractivity contribution < 1.29 is 14.6 Å². The first kappa shape index (κ1) is 18.6. The molecule has 3 aromatic rings. The molecule has 4 nitrogen and oxygen atoms in total. The molecule has 0 bridgehead atoms. The van der Waals surface area contributed by atoms with Gasteiger partial charge in [0.05, 0.1) is 10.9 Å². The van der Waals surface area contributed by atoms with Crippen LogP contribution in [0.25, 0.3) is 0 Å². The third kappa shape index (κ3) is 4.71. The third-order valence-electron chi connectivity index (χ3n) is 3.91. The number of benzene rings is 2. The maximum absolute atomic E-state index is 11.3. The Bertz CT molecular complexity index is 895. The van der Waals surface area contributed by atoms with Gasteiger partial charge in [-0.3, -0.25) is 4.79 Å². The molecule has 0 saturated carbocycles. The van der Waals surface area contributed by atoms with Crippen molar-refractivity contribution >= 4 is 33.2 Å². The summed E-state index contributed by atoms with van der Waals surface area (Å²) >= 11 is 5.07. The molecule has 0 aliphatic heterocycles. The average molecular weight is 432 g/mol. The number of aliphatic carboxylic acids is 1. The summed E-state index contributed by atoms with van der Waals surface area (Å²) in [6.45, 7) is 2.44. The zero-order valence-electron chi connectivity index (χ0n) is 14.2. The van der Waals surface area contributed by atoms with Gasteiger partial charge < -0.3 is 9.84 Å². The molecule has 0 saturated heterocycles. The van der Waals surface area contributed by atoms with E-state index in [1.165, 1.54) is 11.3 Å². The molecule has 6 heteroatoms. The van der Waals surface area contributed by atoms with Crippen molar-refractivity contribution in [2.75, 3.05) is 0 Å². The van der Waals surface area contributed by atoms with E-state index in [0.29, 0.717) is 6.61 Å². The van der Waals surface area contributed by atoms with Crippen LogP contribution in [0.2, 0.25) is 0 Å². The predicted octanol–water partition coefficient (Wildman–Crippen LogP) is 5.40. The van der Waals surface area contributed by atoms with E-state index in [9.17, 15) is 9.90 Å². The number of hydrogen-bond donors (Lipinski definition) is 1. The standard InChI is InChI=1S/C20H18BrNO3S/c1-13-11-22-20(26-13)16(10-19(23)24)15-7-8-18(17(21)9-15)25-12-14-5-3-2-4-6-14/h2-9,11,16H,10,12H2,1H3,(H,23,24). The fourth-order valence-electron chi connectivity index (χ4n) is 2.64. The molecule has 0 fully saturated rings. The maximum Gasteiger partial charge on any atom is 0.304 e. The molecule has 0 radical (unpaired) electrons. The quantitative estimate of drug-likeness (QED) is 0.543. The number of ether oxygens (including phenoxy) is 1. The number of aryl methyl sites for hydroxylation is 1. The van der Waals surface area contributed by atoms with Gasteiger partial charge in [-0.2, -0.15) is 0 Å². The predicted molar refractivity (Wildman–Crippen MR) is 106 cm³/mol. The normalized spacial score (nSPS) is 11.9. The van der Waals surface area contributed by atoms with Gasteiger partial charge in [-0.15, -0.1) is 11.3 Å². The molecule has 2 aromatic carbocycles. The Kier molecular flexibility index (Phi) is 6.06. The average Bonchev–Trinajstić information content (AvgIpc) is 3.05. The summed E-state index contributed by atoms with van der Waals surface area (Å²) in [4.78, 5) is 16.8. The molecule has 134 valence electrons. The molecule has 0 amide bonds. The number of carboxylic acids is 1. The van der Waals surface area contributed by atoms with Crippen molar-refractivity contribution in [3.8, 4) is 5.75 Å². The first-order chi connectivity index (χ1) is 12.5. The van der Waals surface area contributed by atoms with E-state index in [0.717, 1.165) is 31.2 Å². The number of hydrogen-bond acceptors (Lipinski definition) is 4. The zero-order chi connectivity index (χ0) is 18.5. The fourth-order valence-corrected chi connectivity index (χ4v) is 4.06. The number of carbonyl (C=O) groups is 1. The van der Waals surface area contributed by atoms with E-state index < -0.39 is 5.97 Å². The van der Waals surface area contributed by atoms with Crippen LogP contribution in [0.4, 0.5) is 0 Å². The lowest BCUT2D eigenvalue weighted by Crippen LogP contribution is -2.08. The summed E-state index contributed by atoms with van der Waals surface area (Å²) in [7, 11) is 0. The van der Waals surface area contributed by atoms with E-state index in [1.54, 1.807) is 6.20 Å². The summed E-state index contributed by atoms with van der Waals surface area (Å²) in [6, 6.07) is 15.6. The third-order valence-corrected chi connectivity index (χ3v) is 5.56. The number of rotatable bonds is 7. The maximum atomic E-state index is 11.3. The van der Waals surface area contributed by atoms with E-state index in [-0.39, 0.29) is 12.3 Å². The van der Waals surface area contributed by atoms with Crippen LogP contribution in [0.15, 0.2) is 59.2 Å². The highest BCUT2D eigenvalue weighted by Gasteiger charge is 2.22. The lowest BCUT2D eigenvalue weighted by Gasteiger charge is -2.15. The summed E-state index contributed by atoms with van der Waals surface area (Å²) in [5.41, 5.74) is 1.99. The number of thiazole rings is 1. The molecular formula is C20H18BrNO3S. The second kappa shape index (κ2) is 8.47. The monoisotopic (exact) mass is 431 g/mol. The minimum absolute atomic E-state index is 0.00358. The van der Waals surface area contributed by atoms with Crippen LogP contribution in [-0.2, 0) is 11.4 Å². The molecule has 3 rings (SSSR count). The van der Waals surface area contributed by atoms with Crippen LogP contribution in [0, 0.1) is 6.92 Å². The number of nitrogens with zero attached hydrogens (tertiary/aromatic N) is 1. The second-order valence-corrected chi connectivity index (χ2v) is 8.04. The molecule has 0 aliphatic rings. The highest BCUT2D eigenvalue weighted by Crippen LogP contribution is 2.35. The largest absolute Gasteiger partial charge is 0.488 e. The Morgan fingerprint density at radius 3 is 2.65 bits per heavy atom. The van der Waals surface area contributed by atoms with Crippen molar-refractivity contribution in [3.63, 3.8) is 0 Å². The van der Waals surface area contributed by atoms with Crippen molar-refractivity contribution in [3.05, 3.63) is 80.2 Å². The first-order valence-corrected chi connectivity index (χ1v) is 9.74. The Morgan fingerprint density at radius 2 is 2.04 bits per heavy atom. The number of halogens is 1. The number of aromatic nitrogens is 1. The van der Waals surface area contributed by atoms with Gasteiger partial charge >= 0.3 is 5.97 Å². The zero-order valence-corrected chi connectivity index (χ0v) is 16.6. The van der Waals surface area contributed by atoms with Crippen LogP contribution >= 0.6 is 27.3 Å². The summed E-state index contributed by atoms with van der Waals surface area (Å²) in [6.07, 6.45) is 1.78. The Balaban J connectivity index is 1.80. The summed E-state index contributed by atoms with van der Waals surface area (Å²) < 4.78 is 6.67. The smallest absolute Gasteiger partial charge is 0.304 e. The second-order valence-electron chi connectivity index (χ2n) is 5.92. The van der Waals surface area contributed by atoms with Gasteiger partial charge in [-0.25, -0.2) is 4.98 Å². The topological polar surface area (TPSA) is 59.4 Å². The van der Waals surface area contributed by atoms with Gasteiger partial charge in [-0.1, -0.05) is 36.4 Å². The number of carboxylic acid groups (broad SMARTS) is 1. The highest BCUT2D eigenvalue weighted by atomic mass is 79.9. The van der Waals surface area contributed by atoms with Gasteiger partial charge in [0.2, 0.25) is 0 Å². The van der Waals surface area contributed by atoms with E-state index >= 15 is 0 Å². The van der Waals surface area contributed by atoms with Gasteiger partial charge in [0, 0.05) is 17.0 Å². The van der Waals surface area contributed by atoms with E-state index in [2.05, 4.69) is 20.9 Å². The molecule has 1 atom stereocenters. The first-order valence-electron chi connectivity index (χ1n) is 8.13. The molecule has 1 unspecified atom stereocenters. The Morgan fingerprint density at radius 1 is 1.27 bits per heavy atom. The van der Waals surface area contributed by atoms with Gasteiger partial charge in [0.1, 0.15) is 17.4 Å². The van der Waals surface area contributed by atoms with Gasteiger partial charge in [0.25, 0.3) is 0 Å². The molecule has 1 N–H and O–H groups in total. The Labute approximate surface area is 164 Å². The molecular weight excluding hydrogens is 414 g/mol. The van der Waals surface area contributed by atoms with Gasteiger partial charge in [0.15, 0.2) is 0 Å². The summed E-state index contributed by atoms with van der Waals surface area (Å²) in [5, 5.41) is 10.1.